The van der Waals surface area contributed by atoms with Crippen molar-refractivity contribution in [1.29, 1.82) is 0 Å². The molecule has 0 aliphatic heterocycles. The summed E-state index contributed by atoms with van der Waals surface area (Å²) in [6.45, 7) is 5.38. The summed E-state index contributed by atoms with van der Waals surface area (Å²) in [5.74, 6) is -0.858. The molecule has 0 saturated heterocycles. The van der Waals surface area contributed by atoms with E-state index in [1.807, 2.05) is 31.2 Å². The zero-order chi connectivity index (χ0) is 26.3. The summed E-state index contributed by atoms with van der Waals surface area (Å²) < 4.78 is 28.3. The van der Waals surface area contributed by atoms with Crippen LogP contribution < -0.4 is 9.62 Å². The smallest absolute Gasteiger partial charge is 0.264 e. The Morgan fingerprint density at radius 1 is 0.972 bits per heavy atom. The number of benzene rings is 3. The first kappa shape index (κ1) is 27.2. The fraction of sp³-hybridized carbons (Fsp3) is 0.259. The van der Waals surface area contributed by atoms with Gasteiger partial charge in [-0.15, -0.1) is 0 Å². The van der Waals surface area contributed by atoms with Gasteiger partial charge in [-0.2, -0.15) is 0 Å². The van der Waals surface area contributed by atoms with Crippen molar-refractivity contribution in [3.05, 3.63) is 95.0 Å². The Kier molecular flexibility index (Phi) is 9.12. The maximum atomic E-state index is 13.8. The molecule has 0 fully saturated rings. The van der Waals surface area contributed by atoms with Gasteiger partial charge in [0.25, 0.3) is 10.0 Å². The molecule has 0 unspecified atom stereocenters. The molecule has 2 amide bonds. The minimum Gasteiger partial charge on any atom is -0.355 e. The highest BCUT2D eigenvalue weighted by molar-refractivity contribution is 7.92. The lowest BCUT2D eigenvalue weighted by molar-refractivity contribution is -0.139. The van der Waals surface area contributed by atoms with Crippen LogP contribution >= 0.6 is 11.6 Å². The lowest BCUT2D eigenvalue weighted by atomic mass is 10.1. The maximum absolute atomic E-state index is 13.8. The SMILES string of the molecule is CCNC(=O)[C@@H](C)N(Cc1cccc(C)c1)C(=O)CN(c1ccccc1Cl)S(=O)(=O)c1ccccc1. The van der Waals surface area contributed by atoms with Gasteiger partial charge in [0, 0.05) is 13.1 Å². The molecule has 0 radical (unpaired) electrons. The van der Waals surface area contributed by atoms with Crippen LogP contribution in [-0.2, 0) is 26.2 Å². The summed E-state index contributed by atoms with van der Waals surface area (Å²) in [6, 6.07) is 21.1. The molecule has 3 aromatic rings. The second kappa shape index (κ2) is 12.1. The van der Waals surface area contributed by atoms with E-state index in [0.29, 0.717) is 6.54 Å². The van der Waals surface area contributed by atoms with Crippen molar-refractivity contribution in [3.63, 3.8) is 0 Å². The van der Waals surface area contributed by atoms with E-state index in [9.17, 15) is 18.0 Å². The molecule has 0 saturated carbocycles. The summed E-state index contributed by atoms with van der Waals surface area (Å²) in [5.41, 5.74) is 2.02. The highest BCUT2D eigenvalue weighted by Gasteiger charge is 2.33. The van der Waals surface area contributed by atoms with Gasteiger partial charge in [-0.1, -0.05) is 71.8 Å². The molecule has 3 aromatic carbocycles. The number of amides is 2. The minimum absolute atomic E-state index is 0.0275. The Hall–Kier alpha value is -3.36. The highest BCUT2D eigenvalue weighted by Crippen LogP contribution is 2.30. The summed E-state index contributed by atoms with van der Waals surface area (Å²) in [5, 5.41) is 2.93. The number of likely N-dealkylation sites (N-methyl/N-ethyl adjacent to an activating group) is 1. The Labute approximate surface area is 217 Å². The van der Waals surface area contributed by atoms with Crippen molar-refractivity contribution < 1.29 is 18.0 Å². The van der Waals surface area contributed by atoms with E-state index >= 15 is 0 Å². The summed E-state index contributed by atoms with van der Waals surface area (Å²) in [4.78, 5) is 27.9. The van der Waals surface area contributed by atoms with E-state index in [1.165, 1.54) is 17.0 Å². The first-order chi connectivity index (χ1) is 17.1. The summed E-state index contributed by atoms with van der Waals surface area (Å²) in [7, 11) is -4.14. The Morgan fingerprint density at radius 2 is 1.64 bits per heavy atom. The van der Waals surface area contributed by atoms with E-state index in [4.69, 9.17) is 11.6 Å². The van der Waals surface area contributed by atoms with Crippen LogP contribution in [0.2, 0.25) is 5.02 Å². The van der Waals surface area contributed by atoms with Crippen molar-refractivity contribution in [2.45, 2.75) is 38.3 Å². The molecule has 9 heteroatoms. The molecule has 0 aromatic heterocycles. The third-order valence-corrected chi connectivity index (χ3v) is 7.78. The number of halogens is 1. The molecule has 0 aliphatic carbocycles. The number of hydrogen-bond acceptors (Lipinski definition) is 4. The van der Waals surface area contributed by atoms with E-state index in [-0.39, 0.29) is 28.1 Å². The zero-order valence-corrected chi connectivity index (χ0v) is 22.1. The van der Waals surface area contributed by atoms with Gasteiger partial charge in [0.1, 0.15) is 12.6 Å². The van der Waals surface area contributed by atoms with Gasteiger partial charge >= 0.3 is 0 Å². The number of nitrogens with zero attached hydrogens (tertiary/aromatic N) is 2. The van der Waals surface area contributed by atoms with Gasteiger partial charge in [-0.25, -0.2) is 8.42 Å². The number of nitrogens with one attached hydrogen (secondary N) is 1. The number of aryl methyl sites for hydroxylation is 1. The summed E-state index contributed by atoms with van der Waals surface area (Å²) >= 11 is 6.38. The van der Waals surface area contributed by atoms with Crippen LogP contribution in [0.15, 0.2) is 83.8 Å². The first-order valence-corrected chi connectivity index (χ1v) is 13.4. The fourth-order valence-corrected chi connectivity index (χ4v) is 5.54. The average Bonchev–Trinajstić information content (AvgIpc) is 2.86. The Balaban J connectivity index is 2.03. The van der Waals surface area contributed by atoms with Crippen LogP contribution in [0.25, 0.3) is 0 Å². The minimum atomic E-state index is -4.14. The predicted molar refractivity (Wildman–Crippen MR) is 142 cm³/mol. The molecule has 36 heavy (non-hydrogen) atoms. The van der Waals surface area contributed by atoms with E-state index in [0.717, 1.165) is 15.4 Å². The van der Waals surface area contributed by atoms with Crippen molar-refractivity contribution in [2.24, 2.45) is 0 Å². The van der Waals surface area contributed by atoms with Crippen LogP contribution in [0.1, 0.15) is 25.0 Å². The standard InChI is InChI=1S/C27H30ClN3O4S/c1-4-29-27(33)21(3)30(18-22-12-10-11-20(2)17-22)26(32)19-31(25-16-9-8-15-24(25)28)36(34,35)23-13-6-5-7-14-23/h5-17,21H,4,18-19H2,1-3H3,(H,29,33)/t21-/m1/s1. The van der Waals surface area contributed by atoms with E-state index in [2.05, 4.69) is 5.32 Å². The van der Waals surface area contributed by atoms with E-state index < -0.39 is 28.5 Å². The van der Waals surface area contributed by atoms with Gasteiger partial charge in [0.2, 0.25) is 11.8 Å². The van der Waals surface area contributed by atoms with Gasteiger partial charge in [0.05, 0.1) is 15.6 Å². The second-order valence-corrected chi connectivity index (χ2v) is 10.6. The molecule has 1 N–H and O–H groups in total. The molecule has 0 heterocycles. The monoisotopic (exact) mass is 527 g/mol. The molecule has 190 valence electrons. The number of hydrogen-bond donors (Lipinski definition) is 1. The van der Waals surface area contributed by atoms with Crippen LogP contribution in [0.3, 0.4) is 0 Å². The molecular weight excluding hydrogens is 498 g/mol. The molecule has 1 atom stereocenters. The number of anilines is 1. The normalized spacial score (nSPS) is 12.0. The van der Waals surface area contributed by atoms with Crippen LogP contribution in [0.5, 0.6) is 0 Å². The van der Waals surface area contributed by atoms with Crippen LogP contribution in [0, 0.1) is 6.92 Å². The summed E-state index contributed by atoms with van der Waals surface area (Å²) in [6.07, 6.45) is 0. The lowest BCUT2D eigenvalue weighted by Crippen LogP contribution is -2.51. The van der Waals surface area contributed by atoms with E-state index in [1.54, 1.807) is 56.3 Å². The average molecular weight is 528 g/mol. The van der Waals surface area contributed by atoms with Gasteiger partial charge in [-0.05, 0) is 50.6 Å². The molecule has 0 bridgehead atoms. The molecule has 3 rings (SSSR count). The zero-order valence-electron chi connectivity index (χ0n) is 20.5. The number of carbonyl (C=O) groups is 2. The van der Waals surface area contributed by atoms with Crippen molar-refractivity contribution in [3.8, 4) is 0 Å². The first-order valence-electron chi connectivity index (χ1n) is 11.6. The maximum Gasteiger partial charge on any atom is 0.264 e. The van der Waals surface area contributed by atoms with Crippen molar-refractivity contribution in [2.75, 3.05) is 17.4 Å². The Morgan fingerprint density at radius 3 is 2.28 bits per heavy atom. The largest absolute Gasteiger partial charge is 0.355 e. The molecule has 0 aliphatic rings. The second-order valence-electron chi connectivity index (χ2n) is 8.36. The third-order valence-electron chi connectivity index (χ3n) is 5.68. The Bertz CT molecular complexity index is 1320. The quantitative estimate of drug-likeness (QED) is 0.423. The van der Waals surface area contributed by atoms with Crippen molar-refractivity contribution >= 4 is 39.1 Å². The number of rotatable bonds is 10. The topological polar surface area (TPSA) is 86.8 Å². The van der Waals surface area contributed by atoms with Gasteiger partial charge in [0.15, 0.2) is 0 Å². The lowest BCUT2D eigenvalue weighted by Gasteiger charge is -2.32. The van der Waals surface area contributed by atoms with Crippen LogP contribution in [0.4, 0.5) is 5.69 Å². The number of carbonyl (C=O) groups excluding carboxylic acids is 2. The van der Waals surface area contributed by atoms with Gasteiger partial charge < -0.3 is 10.2 Å². The number of sulfonamides is 1. The predicted octanol–water partition coefficient (Wildman–Crippen LogP) is 4.40. The number of para-hydroxylation sites is 1. The highest BCUT2D eigenvalue weighted by atomic mass is 35.5. The van der Waals surface area contributed by atoms with Crippen LogP contribution in [-0.4, -0.2) is 44.3 Å². The molecule has 7 nitrogen and oxygen atoms in total. The fourth-order valence-electron chi connectivity index (χ4n) is 3.80. The molecule has 0 spiro atoms. The molecular formula is C27H30ClN3O4S. The van der Waals surface area contributed by atoms with Crippen molar-refractivity contribution in [1.82, 2.24) is 10.2 Å². The third kappa shape index (κ3) is 6.44. The van der Waals surface area contributed by atoms with Gasteiger partial charge in [-0.3, -0.25) is 13.9 Å².